The van der Waals surface area contributed by atoms with Crippen LogP contribution in [-0.2, 0) is 17.6 Å². The third-order valence-corrected chi connectivity index (χ3v) is 4.61. The van der Waals surface area contributed by atoms with Gasteiger partial charge in [-0.2, -0.15) is 0 Å². The molecule has 6 nitrogen and oxygen atoms in total. The number of rotatable bonds is 5. The van der Waals surface area contributed by atoms with E-state index in [9.17, 15) is 9.90 Å². The molecule has 0 bridgehead atoms. The summed E-state index contributed by atoms with van der Waals surface area (Å²) >= 11 is 0. The Bertz CT molecular complexity index is 807. The summed E-state index contributed by atoms with van der Waals surface area (Å²) in [6, 6.07) is 14.0. The molecular weight excluding hydrogens is 342 g/mol. The van der Waals surface area contributed by atoms with Crippen molar-refractivity contribution in [1.82, 2.24) is 4.90 Å². The van der Waals surface area contributed by atoms with E-state index in [4.69, 9.17) is 4.74 Å². The van der Waals surface area contributed by atoms with Crippen molar-refractivity contribution in [1.29, 1.82) is 0 Å². The van der Waals surface area contributed by atoms with Gasteiger partial charge in [-0.3, -0.25) is 5.32 Å². The summed E-state index contributed by atoms with van der Waals surface area (Å²) in [5, 5.41) is 13.7. The Morgan fingerprint density at radius 3 is 2.59 bits per heavy atom. The maximum Gasteiger partial charge on any atom is 0.411 e. The molecule has 3 rings (SSSR count). The number of fused-ring (bicyclic) bond motifs is 2. The lowest BCUT2D eigenvalue weighted by Crippen LogP contribution is -2.39. The molecule has 2 aromatic carbocycles. The SMILES string of the molecule is CCOC(=O)Nc1ccc2c(c1)N(C(O)CN(C)C)c1ccccc1CC2. The number of carbonyl (C=O) groups excluding carboxylic acids is 1. The summed E-state index contributed by atoms with van der Waals surface area (Å²) in [6.45, 7) is 2.58. The standard InChI is InChI=1S/C21H27N3O3/c1-4-27-21(26)22-17-12-11-16-10-9-15-7-5-6-8-18(15)24(19(16)13-17)20(25)14-23(2)3/h5-8,11-13,20,25H,4,9-10,14H2,1-3H3,(H,22,26). The normalized spacial score (nSPS) is 14.2. The van der Waals surface area contributed by atoms with Crippen LogP contribution in [-0.4, -0.2) is 49.6 Å². The minimum Gasteiger partial charge on any atom is -0.450 e. The number of aliphatic hydroxyl groups is 1. The highest BCUT2D eigenvalue weighted by atomic mass is 16.5. The largest absolute Gasteiger partial charge is 0.450 e. The van der Waals surface area contributed by atoms with Crippen LogP contribution in [0.3, 0.4) is 0 Å². The predicted molar refractivity (Wildman–Crippen MR) is 108 cm³/mol. The van der Waals surface area contributed by atoms with Gasteiger partial charge in [-0.05, 0) is 63.2 Å². The molecule has 1 atom stereocenters. The molecule has 0 aliphatic carbocycles. The highest BCUT2D eigenvalue weighted by Gasteiger charge is 2.26. The van der Waals surface area contributed by atoms with Gasteiger partial charge in [-0.15, -0.1) is 0 Å². The third-order valence-electron chi connectivity index (χ3n) is 4.61. The van der Waals surface area contributed by atoms with E-state index in [0.29, 0.717) is 18.8 Å². The van der Waals surface area contributed by atoms with Gasteiger partial charge >= 0.3 is 6.09 Å². The first kappa shape index (κ1) is 19.2. The van der Waals surface area contributed by atoms with Crippen molar-refractivity contribution in [3.63, 3.8) is 0 Å². The number of benzene rings is 2. The number of amides is 1. The Labute approximate surface area is 160 Å². The molecule has 1 amide bonds. The lowest BCUT2D eigenvalue weighted by atomic mass is 10.0. The van der Waals surface area contributed by atoms with Crippen LogP contribution in [0.4, 0.5) is 21.9 Å². The number of hydrogen-bond acceptors (Lipinski definition) is 5. The minimum absolute atomic E-state index is 0.317. The summed E-state index contributed by atoms with van der Waals surface area (Å²) in [5.74, 6) is 0. The molecule has 0 spiro atoms. The van der Waals surface area contributed by atoms with Crippen LogP contribution in [0.25, 0.3) is 0 Å². The van der Waals surface area contributed by atoms with Crippen molar-refractivity contribution in [3.8, 4) is 0 Å². The third kappa shape index (κ3) is 4.40. The topological polar surface area (TPSA) is 65.0 Å². The molecule has 1 heterocycles. The van der Waals surface area contributed by atoms with Crippen molar-refractivity contribution in [2.75, 3.05) is 37.5 Å². The number of nitrogens with one attached hydrogen (secondary N) is 1. The molecule has 0 fully saturated rings. The Morgan fingerprint density at radius 2 is 1.89 bits per heavy atom. The summed E-state index contributed by atoms with van der Waals surface area (Å²) in [4.78, 5) is 15.7. The minimum atomic E-state index is -0.712. The number of anilines is 3. The number of ether oxygens (including phenoxy) is 1. The van der Waals surface area contributed by atoms with Gasteiger partial charge in [-0.1, -0.05) is 24.3 Å². The molecule has 1 aliphatic rings. The van der Waals surface area contributed by atoms with Crippen molar-refractivity contribution in [2.24, 2.45) is 0 Å². The highest BCUT2D eigenvalue weighted by molar-refractivity contribution is 5.86. The maximum absolute atomic E-state index is 11.8. The van der Waals surface area contributed by atoms with Gasteiger partial charge in [-0.25, -0.2) is 4.79 Å². The summed E-state index contributed by atoms with van der Waals surface area (Å²) in [7, 11) is 3.87. The van der Waals surface area contributed by atoms with E-state index >= 15 is 0 Å². The van der Waals surface area contributed by atoms with E-state index in [-0.39, 0.29) is 0 Å². The first-order chi connectivity index (χ1) is 13.0. The van der Waals surface area contributed by atoms with E-state index in [1.54, 1.807) is 6.92 Å². The molecule has 2 N–H and O–H groups in total. The zero-order valence-electron chi connectivity index (χ0n) is 16.1. The number of carbonyl (C=O) groups is 1. The zero-order valence-corrected chi connectivity index (χ0v) is 16.1. The van der Waals surface area contributed by atoms with Crippen LogP contribution in [0.2, 0.25) is 0 Å². The lowest BCUT2D eigenvalue weighted by Gasteiger charge is -2.33. The quantitative estimate of drug-likeness (QED) is 0.846. The van der Waals surface area contributed by atoms with Gasteiger partial charge in [0.25, 0.3) is 0 Å². The number of nitrogens with zero attached hydrogens (tertiary/aromatic N) is 2. The fraction of sp³-hybridized carbons (Fsp3) is 0.381. The summed E-state index contributed by atoms with van der Waals surface area (Å²) in [6.07, 6.45) is 0.582. The Balaban J connectivity index is 2.03. The van der Waals surface area contributed by atoms with Gasteiger partial charge in [0.1, 0.15) is 6.23 Å². The van der Waals surface area contributed by atoms with Gasteiger partial charge in [0.05, 0.1) is 6.61 Å². The number of likely N-dealkylation sites (N-methyl/N-ethyl adjacent to an activating group) is 1. The van der Waals surface area contributed by atoms with Crippen molar-refractivity contribution in [2.45, 2.75) is 26.0 Å². The van der Waals surface area contributed by atoms with Gasteiger partial charge < -0.3 is 19.6 Å². The second-order valence-corrected chi connectivity index (χ2v) is 6.93. The molecule has 0 saturated carbocycles. The van der Waals surface area contributed by atoms with E-state index < -0.39 is 12.3 Å². The number of hydrogen-bond donors (Lipinski definition) is 2. The second kappa shape index (κ2) is 8.41. The first-order valence-corrected chi connectivity index (χ1v) is 9.26. The van der Waals surface area contributed by atoms with Gasteiger partial charge in [0.2, 0.25) is 0 Å². The smallest absolute Gasteiger partial charge is 0.411 e. The van der Waals surface area contributed by atoms with Crippen LogP contribution < -0.4 is 10.2 Å². The number of para-hydroxylation sites is 1. The molecule has 0 saturated heterocycles. The summed E-state index contributed by atoms with van der Waals surface area (Å²) in [5.41, 5.74) is 4.89. The van der Waals surface area contributed by atoms with Crippen LogP contribution in [0.5, 0.6) is 0 Å². The van der Waals surface area contributed by atoms with E-state index in [1.165, 1.54) is 5.56 Å². The molecular formula is C21H27N3O3. The van der Waals surface area contributed by atoms with E-state index in [2.05, 4.69) is 11.4 Å². The molecule has 27 heavy (non-hydrogen) atoms. The average Bonchev–Trinajstić information content (AvgIpc) is 2.77. The van der Waals surface area contributed by atoms with E-state index in [0.717, 1.165) is 29.8 Å². The van der Waals surface area contributed by atoms with Crippen LogP contribution >= 0.6 is 0 Å². The summed E-state index contributed by atoms with van der Waals surface area (Å²) < 4.78 is 4.98. The zero-order chi connectivity index (χ0) is 19.4. The molecule has 1 aliphatic heterocycles. The predicted octanol–water partition coefficient (Wildman–Crippen LogP) is 3.37. The number of aryl methyl sites for hydroxylation is 2. The molecule has 6 heteroatoms. The molecule has 144 valence electrons. The molecule has 0 radical (unpaired) electrons. The Hall–Kier alpha value is -2.57. The first-order valence-electron chi connectivity index (χ1n) is 9.26. The number of aliphatic hydroxyl groups excluding tert-OH is 1. The van der Waals surface area contributed by atoms with Crippen molar-refractivity contribution < 1.29 is 14.6 Å². The Morgan fingerprint density at radius 1 is 1.19 bits per heavy atom. The van der Waals surface area contributed by atoms with Crippen LogP contribution in [0.15, 0.2) is 42.5 Å². The molecule has 1 unspecified atom stereocenters. The Kier molecular flexibility index (Phi) is 5.98. The second-order valence-electron chi connectivity index (χ2n) is 6.93. The van der Waals surface area contributed by atoms with Crippen molar-refractivity contribution in [3.05, 3.63) is 53.6 Å². The van der Waals surface area contributed by atoms with Crippen LogP contribution in [0.1, 0.15) is 18.1 Å². The molecule has 0 aromatic heterocycles. The average molecular weight is 369 g/mol. The van der Waals surface area contributed by atoms with E-state index in [1.807, 2.05) is 60.3 Å². The van der Waals surface area contributed by atoms with Gasteiger partial charge in [0.15, 0.2) is 0 Å². The fourth-order valence-corrected chi connectivity index (χ4v) is 3.45. The van der Waals surface area contributed by atoms with Crippen LogP contribution in [0, 0.1) is 0 Å². The highest BCUT2D eigenvalue weighted by Crippen LogP contribution is 2.38. The fourth-order valence-electron chi connectivity index (χ4n) is 3.45. The van der Waals surface area contributed by atoms with Crippen molar-refractivity contribution >= 4 is 23.2 Å². The van der Waals surface area contributed by atoms with Gasteiger partial charge in [0, 0.05) is 23.6 Å². The molecule has 2 aromatic rings. The maximum atomic E-state index is 11.8. The lowest BCUT2D eigenvalue weighted by molar-refractivity contribution is 0.142. The monoisotopic (exact) mass is 369 g/mol.